The van der Waals surface area contributed by atoms with Gasteiger partial charge in [-0.05, 0) is 0 Å². The maximum atomic E-state index is 9.94. The molecule has 10 atom stereocenters. The van der Waals surface area contributed by atoms with E-state index in [1.807, 2.05) is 0 Å². The van der Waals surface area contributed by atoms with Gasteiger partial charge in [0.05, 0.1) is 13.2 Å². The third kappa shape index (κ3) is 4.45. The fraction of sp³-hybridized carbons (Fsp3) is 1.00. The SMILES string of the molecule is OC[C@H]1O[C@@H](O[C@H]2[C@H](O)[C@@H](O)[C@H](O)O[C@@H]2CO)[C@H](O)[C@@H](O)[C@@H]1O.[H-].[Na+]. The van der Waals surface area contributed by atoms with Gasteiger partial charge in [-0.1, -0.05) is 0 Å². The first-order valence-corrected chi connectivity index (χ1v) is 7.08. The van der Waals surface area contributed by atoms with Crippen molar-refractivity contribution in [1.29, 1.82) is 0 Å². The third-order valence-corrected chi connectivity index (χ3v) is 3.98. The summed E-state index contributed by atoms with van der Waals surface area (Å²) in [4.78, 5) is 0. The minimum absolute atomic E-state index is 0. The number of hydrogen-bond acceptors (Lipinski definition) is 11. The molecule has 2 aliphatic heterocycles. The Kier molecular flexibility index (Phi) is 8.93. The molecule has 8 N–H and O–H groups in total. The van der Waals surface area contributed by atoms with Crippen molar-refractivity contribution in [2.45, 2.75) is 61.4 Å². The molecule has 0 unspecified atom stereocenters. The molecular formula is C12H23NaO11. The Labute approximate surface area is 160 Å². The van der Waals surface area contributed by atoms with Crippen molar-refractivity contribution in [3.8, 4) is 0 Å². The summed E-state index contributed by atoms with van der Waals surface area (Å²) in [5.41, 5.74) is 0. The van der Waals surface area contributed by atoms with E-state index in [-0.39, 0.29) is 31.0 Å². The average Bonchev–Trinajstić information content (AvgIpc) is 2.55. The van der Waals surface area contributed by atoms with Crippen LogP contribution in [0.4, 0.5) is 0 Å². The van der Waals surface area contributed by atoms with Crippen molar-refractivity contribution in [2.24, 2.45) is 0 Å². The minimum Gasteiger partial charge on any atom is -1.00 e. The van der Waals surface area contributed by atoms with Crippen LogP contribution in [0.5, 0.6) is 0 Å². The Morgan fingerprint density at radius 3 is 1.83 bits per heavy atom. The molecule has 0 spiro atoms. The predicted molar refractivity (Wildman–Crippen MR) is 69.7 cm³/mol. The summed E-state index contributed by atoms with van der Waals surface area (Å²) >= 11 is 0. The Balaban J connectivity index is 0.00000288. The Hall–Kier alpha value is 0.560. The molecule has 2 saturated heterocycles. The number of aliphatic hydroxyl groups excluding tert-OH is 8. The van der Waals surface area contributed by atoms with Crippen LogP contribution in [0, 0.1) is 0 Å². The molecule has 0 aromatic heterocycles. The van der Waals surface area contributed by atoms with E-state index in [0.717, 1.165) is 0 Å². The minimum atomic E-state index is -1.74. The van der Waals surface area contributed by atoms with Crippen LogP contribution in [0.3, 0.4) is 0 Å². The normalized spacial score (nSPS) is 49.5. The van der Waals surface area contributed by atoms with Crippen molar-refractivity contribution in [1.82, 2.24) is 0 Å². The summed E-state index contributed by atoms with van der Waals surface area (Å²) < 4.78 is 15.3. The number of ether oxygens (including phenoxy) is 3. The van der Waals surface area contributed by atoms with Crippen LogP contribution in [-0.2, 0) is 14.2 Å². The van der Waals surface area contributed by atoms with E-state index in [1.54, 1.807) is 0 Å². The van der Waals surface area contributed by atoms with E-state index in [1.165, 1.54) is 0 Å². The van der Waals surface area contributed by atoms with Gasteiger partial charge < -0.3 is 56.5 Å². The summed E-state index contributed by atoms with van der Waals surface area (Å²) in [5.74, 6) is 0. The van der Waals surface area contributed by atoms with E-state index < -0.39 is 74.6 Å². The molecule has 0 bridgehead atoms. The molecule has 2 aliphatic rings. The molecule has 2 heterocycles. The first-order valence-electron chi connectivity index (χ1n) is 7.08. The molecule has 2 fully saturated rings. The van der Waals surface area contributed by atoms with E-state index in [9.17, 15) is 35.7 Å². The van der Waals surface area contributed by atoms with Crippen LogP contribution in [-0.4, -0.2) is 115 Å². The van der Waals surface area contributed by atoms with E-state index >= 15 is 0 Å². The summed E-state index contributed by atoms with van der Waals surface area (Å²) in [6.45, 7) is -1.35. The second-order valence-electron chi connectivity index (χ2n) is 5.53. The fourth-order valence-electron chi connectivity index (χ4n) is 2.57. The molecule has 12 heteroatoms. The van der Waals surface area contributed by atoms with Gasteiger partial charge >= 0.3 is 29.6 Å². The van der Waals surface area contributed by atoms with Crippen LogP contribution in [0.25, 0.3) is 0 Å². The first kappa shape index (κ1) is 22.6. The van der Waals surface area contributed by atoms with E-state index in [4.69, 9.17) is 19.3 Å². The fourth-order valence-corrected chi connectivity index (χ4v) is 2.57. The Bertz CT molecular complexity index is 390. The molecule has 0 saturated carbocycles. The van der Waals surface area contributed by atoms with Crippen molar-refractivity contribution in [3.63, 3.8) is 0 Å². The molecule has 0 aromatic rings. The predicted octanol–water partition coefficient (Wildman–Crippen LogP) is -8.28. The second kappa shape index (κ2) is 9.48. The largest absolute Gasteiger partial charge is 1.00 e. The zero-order chi connectivity index (χ0) is 17.3. The number of hydrogen-bond donors (Lipinski definition) is 8. The molecule has 24 heavy (non-hydrogen) atoms. The maximum Gasteiger partial charge on any atom is 1.00 e. The van der Waals surface area contributed by atoms with Gasteiger partial charge in [-0.3, -0.25) is 0 Å². The summed E-state index contributed by atoms with van der Waals surface area (Å²) in [5, 5.41) is 76.5. The van der Waals surface area contributed by atoms with Gasteiger partial charge in [-0.15, -0.1) is 0 Å². The van der Waals surface area contributed by atoms with Crippen molar-refractivity contribution in [3.05, 3.63) is 0 Å². The molecule has 0 amide bonds. The number of aliphatic hydroxyl groups is 8. The summed E-state index contributed by atoms with van der Waals surface area (Å²) in [7, 11) is 0. The Morgan fingerprint density at radius 1 is 0.708 bits per heavy atom. The summed E-state index contributed by atoms with van der Waals surface area (Å²) in [6, 6.07) is 0. The first-order chi connectivity index (χ1) is 10.8. The molecule has 11 nitrogen and oxygen atoms in total. The summed E-state index contributed by atoms with van der Waals surface area (Å²) in [6.07, 6.45) is -15.6. The molecule has 138 valence electrons. The topological polar surface area (TPSA) is 190 Å². The molecule has 0 aromatic carbocycles. The monoisotopic (exact) mass is 366 g/mol. The van der Waals surface area contributed by atoms with Crippen molar-refractivity contribution < 1.29 is 86.0 Å². The zero-order valence-corrected chi connectivity index (χ0v) is 15.0. The van der Waals surface area contributed by atoms with Gasteiger partial charge in [0.2, 0.25) is 0 Å². The maximum absolute atomic E-state index is 9.94. The van der Waals surface area contributed by atoms with Crippen LogP contribution < -0.4 is 29.6 Å². The van der Waals surface area contributed by atoms with Crippen LogP contribution in [0.15, 0.2) is 0 Å². The molecule has 0 radical (unpaired) electrons. The smallest absolute Gasteiger partial charge is 1.00 e. The van der Waals surface area contributed by atoms with Crippen LogP contribution >= 0.6 is 0 Å². The number of rotatable bonds is 4. The van der Waals surface area contributed by atoms with Gasteiger partial charge in [0, 0.05) is 0 Å². The zero-order valence-electron chi connectivity index (χ0n) is 14.0. The van der Waals surface area contributed by atoms with Gasteiger partial charge in [-0.25, -0.2) is 0 Å². The van der Waals surface area contributed by atoms with E-state index in [2.05, 4.69) is 0 Å². The molecule has 2 rings (SSSR count). The molecular weight excluding hydrogens is 343 g/mol. The quantitative estimate of drug-likeness (QED) is 0.221. The van der Waals surface area contributed by atoms with E-state index in [0.29, 0.717) is 0 Å². The van der Waals surface area contributed by atoms with Crippen LogP contribution in [0.2, 0.25) is 0 Å². The third-order valence-electron chi connectivity index (χ3n) is 3.98. The molecule has 0 aliphatic carbocycles. The van der Waals surface area contributed by atoms with Crippen molar-refractivity contribution in [2.75, 3.05) is 13.2 Å². The van der Waals surface area contributed by atoms with Gasteiger partial charge in [0.15, 0.2) is 12.6 Å². The second-order valence-corrected chi connectivity index (χ2v) is 5.53. The van der Waals surface area contributed by atoms with Gasteiger partial charge in [-0.2, -0.15) is 0 Å². The Morgan fingerprint density at radius 2 is 1.29 bits per heavy atom. The van der Waals surface area contributed by atoms with Gasteiger partial charge in [0.1, 0.15) is 48.8 Å². The van der Waals surface area contributed by atoms with Gasteiger partial charge in [0.25, 0.3) is 0 Å². The standard InChI is InChI=1S/C12H22O11.Na.H/c13-1-3-5(15)6(16)9(19)12(22-3)23-10-4(2-14)21-11(20)8(18)7(10)17;;/h3-20H,1-2H2;;/q;+1;-1/t3-,4-,5-,6+,7-,8-,9-,10-,11-,12+;;/m1../s1. The van der Waals surface area contributed by atoms with Crippen LogP contribution in [0.1, 0.15) is 1.43 Å². The van der Waals surface area contributed by atoms with Crippen molar-refractivity contribution >= 4 is 0 Å². The average molecular weight is 366 g/mol.